The lowest BCUT2D eigenvalue weighted by Crippen LogP contribution is -2.57. The summed E-state index contributed by atoms with van der Waals surface area (Å²) in [4.78, 5) is 59.0. The lowest BCUT2D eigenvalue weighted by atomic mass is 9.80. The van der Waals surface area contributed by atoms with E-state index in [0.717, 1.165) is 44.1 Å². The summed E-state index contributed by atoms with van der Waals surface area (Å²) in [6.45, 7) is 6.77. The van der Waals surface area contributed by atoms with Gasteiger partial charge in [-0.05, 0) is 42.6 Å². The van der Waals surface area contributed by atoms with Crippen molar-refractivity contribution in [3.63, 3.8) is 0 Å². The molecule has 266 valence electrons. The van der Waals surface area contributed by atoms with Crippen LogP contribution in [-0.4, -0.2) is 74.8 Å². The summed E-state index contributed by atoms with van der Waals surface area (Å²) >= 11 is 0. The van der Waals surface area contributed by atoms with E-state index in [4.69, 9.17) is 0 Å². The largest absolute Gasteiger partial charge is 0.465 e. The molecule has 1 fully saturated rings. The fourth-order valence-corrected chi connectivity index (χ4v) is 6.46. The molecular formula is C36H56N6O6. The zero-order valence-corrected chi connectivity index (χ0v) is 28.7. The van der Waals surface area contributed by atoms with Gasteiger partial charge in [0, 0.05) is 32.0 Å². The molecule has 0 unspecified atom stereocenters. The summed E-state index contributed by atoms with van der Waals surface area (Å²) < 4.78 is 0. The smallest absolute Gasteiger partial charge is 0.405 e. The number of aliphatic hydroxyl groups excluding tert-OH is 1. The molecule has 1 saturated carbocycles. The summed E-state index contributed by atoms with van der Waals surface area (Å²) in [5.74, 6) is -0.786. The molecule has 1 aromatic carbocycles. The molecule has 7 N–H and O–H groups in total. The first-order chi connectivity index (χ1) is 23.0. The van der Waals surface area contributed by atoms with Crippen LogP contribution in [0.2, 0.25) is 0 Å². The number of nitrogens with zero attached hydrogens (tertiary/aromatic N) is 1. The topological polar surface area (TPSA) is 186 Å². The summed E-state index contributed by atoms with van der Waals surface area (Å²) in [5, 5.41) is 32.3. The maximum atomic E-state index is 14.0. The van der Waals surface area contributed by atoms with Crippen molar-refractivity contribution in [1.29, 1.82) is 0 Å². The Kier molecular flexibility index (Phi) is 16.4. The zero-order chi connectivity index (χ0) is 34.9. The summed E-state index contributed by atoms with van der Waals surface area (Å²) in [7, 11) is 0. The monoisotopic (exact) mass is 668 g/mol. The van der Waals surface area contributed by atoms with Gasteiger partial charge in [0.05, 0.1) is 24.2 Å². The standard InChI is InChI=1S/C36H56N6O6/c1-4-5-16-38-33(44)20-27(24(2)3)19-32(43)29(17-25-12-8-6-9-13-25)40-35(46)31(21-28-22-37-23-39-28)41-34(45)30(42-36(47)48)18-26-14-10-7-11-15-26/h7,10-11,14-15,22-25,27,29-32,42-43H,4-6,8-9,12-13,16-21H2,1-3H3,(H,37,39)(H,38,44)(H,40,46)(H,41,45)(H,47,48)/t27-,29+,30+,31+,32-/m1/s1. The zero-order valence-electron chi connectivity index (χ0n) is 28.7. The molecule has 0 radical (unpaired) electrons. The number of aromatic nitrogens is 2. The van der Waals surface area contributed by atoms with Crippen LogP contribution in [0.25, 0.3) is 0 Å². The second-order valence-electron chi connectivity index (χ2n) is 13.6. The fourth-order valence-electron chi connectivity index (χ4n) is 6.46. The van der Waals surface area contributed by atoms with E-state index in [-0.39, 0.29) is 30.6 Å². The van der Waals surface area contributed by atoms with Gasteiger partial charge in [-0.3, -0.25) is 14.4 Å². The van der Waals surface area contributed by atoms with Crippen LogP contribution in [0.5, 0.6) is 0 Å². The molecule has 4 amide bonds. The number of unbranched alkanes of at least 4 members (excludes halogenated alkanes) is 1. The predicted octanol–water partition coefficient (Wildman–Crippen LogP) is 4.10. The van der Waals surface area contributed by atoms with Crippen molar-refractivity contribution in [2.75, 3.05) is 6.54 Å². The number of carboxylic acid groups (broad SMARTS) is 1. The molecule has 1 aromatic heterocycles. The van der Waals surface area contributed by atoms with Gasteiger partial charge in [-0.2, -0.15) is 0 Å². The lowest BCUT2D eigenvalue weighted by molar-refractivity contribution is -0.131. The molecule has 1 heterocycles. The number of benzene rings is 1. The van der Waals surface area contributed by atoms with Crippen LogP contribution in [0.15, 0.2) is 42.9 Å². The van der Waals surface area contributed by atoms with Gasteiger partial charge < -0.3 is 36.5 Å². The van der Waals surface area contributed by atoms with Crippen molar-refractivity contribution < 1.29 is 29.4 Å². The number of hydrogen-bond donors (Lipinski definition) is 7. The highest BCUT2D eigenvalue weighted by Crippen LogP contribution is 2.30. The van der Waals surface area contributed by atoms with Crippen LogP contribution in [-0.2, 0) is 27.2 Å². The Hall–Kier alpha value is -3.93. The number of imidazole rings is 1. The summed E-state index contributed by atoms with van der Waals surface area (Å²) in [6.07, 6.45) is 9.54. The van der Waals surface area contributed by atoms with Crippen molar-refractivity contribution in [2.45, 2.75) is 122 Å². The molecule has 12 heteroatoms. The predicted molar refractivity (Wildman–Crippen MR) is 184 cm³/mol. The van der Waals surface area contributed by atoms with Gasteiger partial charge in [0.1, 0.15) is 12.1 Å². The second-order valence-corrected chi connectivity index (χ2v) is 13.6. The Morgan fingerprint density at radius 1 is 0.958 bits per heavy atom. The Morgan fingerprint density at radius 3 is 2.27 bits per heavy atom. The Bertz CT molecular complexity index is 1250. The molecule has 1 aliphatic rings. The first-order valence-corrected chi connectivity index (χ1v) is 17.6. The quantitative estimate of drug-likeness (QED) is 0.104. The van der Waals surface area contributed by atoms with E-state index >= 15 is 0 Å². The summed E-state index contributed by atoms with van der Waals surface area (Å²) in [5.41, 5.74) is 1.30. The van der Waals surface area contributed by atoms with Crippen molar-refractivity contribution in [2.24, 2.45) is 17.8 Å². The molecule has 12 nitrogen and oxygen atoms in total. The number of carbonyl (C=O) groups excluding carboxylic acids is 3. The van der Waals surface area contributed by atoms with Crippen molar-refractivity contribution in [3.05, 3.63) is 54.1 Å². The van der Waals surface area contributed by atoms with E-state index in [0.29, 0.717) is 37.4 Å². The summed E-state index contributed by atoms with van der Waals surface area (Å²) in [6, 6.07) is 6.22. The second kappa shape index (κ2) is 20.4. The van der Waals surface area contributed by atoms with E-state index in [9.17, 15) is 29.4 Å². The maximum Gasteiger partial charge on any atom is 0.405 e. The first-order valence-electron chi connectivity index (χ1n) is 17.6. The number of H-pyrrole nitrogens is 1. The third kappa shape index (κ3) is 13.7. The number of hydrogen-bond acceptors (Lipinski definition) is 6. The molecule has 0 spiro atoms. The minimum absolute atomic E-state index is 0.0379. The fraction of sp³-hybridized carbons (Fsp3) is 0.639. The Balaban J connectivity index is 1.80. The third-order valence-corrected chi connectivity index (χ3v) is 9.39. The number of carbonyl (C=O) groups is 4. The highest BCUT2D eigenvalue weighted by molar-refractivity contribution is 5.91. The number of rotatable bonds is 20. The van der Waals surface area contributed by atoms with Gasteiger partial charge in [-0.1, -0.05) is 89.6 Å². The number of nitrogens with one attached hydrogen (secondary N) is 5. The normalized spacial score (nSPS) is 16.7. The van der Waals surface area contributed by atoms with E-state index in [1.807, 2.05) is 19.9 Å². The SMILES string of the molecule is CCCCNC(=O)C[C@@H](C[C@@H](O)[C@H](CC1CCCCC1)NC(=O)[C@H](Cc1c[nH]cn1)NC(=O)[C@H](Cc1ccccc1)NC(=O)O)C(C)C. The highest BCUT2D eigenvalue weighted by Gasteiger charge is 2.33. The molecule has 1 aliphatic carbocycles. The van der Waals surface area contributed by atoms with E-state index < -0.39 is 42.1 Å². The van der Waals surface area contributed by atoms with Crippen LogP contribution in [0.4, 0.5) is 4.79 Å². The number of amides is 4. The van der Waals surface area contributed by atoms with Crippen LogP contribution in [0.1, 0.15) is 96.2 Å². The van der Waals surface area contributed by atoms with Gasteiger partial charge in [-0.25, -0.2) is 9.78 Å². The van der Waals surface area contributed by atoms with E-state index in [2.05, 4.69) is 38.2 Å². The molecule has 0 aliphatic heterocycles. The van der Waals surface area contributed by atoms with E-state index in [1.165, 1.54) is 12.7 Å². The minimum Gasteiger partial charge on any atom is -0.465 e. The molecule has 5 atom stereocenters. The van der Waals surface area contributed by atoms with Crippen molar-refractivity contribution in [3.8, 4) is 0 Å². The van der Waals surface area contributed by atoms with Gasteiger partial charge >= 0.3 is 6.09 Å². The number of aromatic amines is 1. The van der Waals surface area contributed by atoms with Gasteiger partial charge in [0.15, 0.2) is 0 Å². The van der Waals surface area contributed by atoms with Gasteiger partial charge in [0.25, 0.3) is 0 Å². The van der Waals surface area contributed by atoms with Crippen molar-refractivity contribution >= 4 is 23.8 Å². The first kappa shape index (κ1) is 38.5. The van der Waals surface area contributed by atoms with Gasteiger partial charge in [-0.15, -0.1) is 0 Å². The van der Waals surface area contributed by atoms with Gasteiger partial charge in [0.2, 0.25) is 17.7 Å². The Labute approximate surface area is 284 Å². The highest BCUT2D eigenvalue weighted by atomic mass is 16.4. The van der Waals surface area contributed by atoms with E-state index in [1.54, 1.807) is 30.5 Å². The van der Waals surface area contributed by atoms with Crippen LogP contribution >= 0.6 is 0 Å². The third-order valence-electron chi connectivity index (χ3n) is 9.39. The van der Waals surface area contributed by atoms with Crippen molar-refractivity contribution in [1.82, 2.24) is 31.2 Å². The Morgan fingerprint density at radius 2 is 1.65 bits per heavy atom. The van der Waals surface area contributed by atoms with Crippen LogP contribution < -0.4 is 21.3 Å². The van der Waals surface area contributed by atoms with Crippen LogP contribution in [0.3, 0.4) is 0 Å². The number of aliphatic hydroxyl groups is 1. The molecule has 48 heavy (non-hydrogen) atoms. The average Bonchev–Trinajstić information content (AvgIpc) is 3.57. The van der Waals surface area contributed by atoms with Crippen LogP contribution in [0, 0.1) is 17.8 Å². The molecule has 0 bridgehead atoms. The lowest BCUT2D eigenvalue weighted by Gasteiger charge is -2.33. The molecule has 3 rings (SSSR count). The maximum absolute atomic E-state index is 14.0. The molecule has 0 saturated heterocycles. The minimum atomic E-state index is -1.35. The average molecular weight is 669 g/mol. The molecule has 2 aromatic rings. The molecular weight excluding hydrogens is 612 g/mol.